The second-order valence-electron chi connectivity index (χ2n) is 5.73. The van der Waals surface area contributed by atoms with E-state index in [1.807, 2.05) is 18.7 Å². The van der Waals surface area contributed by atoms with Crippen molar-refractivity contribution < 1.29 is 14.3 Å². The summed E-state index contributed by atoms with van der Waals surface area (Å²) in [6.07, 6.45) is 0.810. The van der Waals surface area contributed by atoms with Gasteiger partial charge in [-0.1, -0.05) is 6.07 Å². The first-order chi connectivity index (χ1) is 11.0. The van der Waals surface area contributed by atoms with Crippen LogP contribution in [0.5, 0.6) is 5.75 Å². The summed E-state index contributed by atoms with van der Waals surface area (Å²) < 4.78 is 6.89. The minimum absolute atomic E-state index is 0.0662. The number of ether oxygens (including phenoxy) is 1. The molecule has 23 heavy (non-hydrogen) atoms. The van der Waals surface area contributed by atoms with Gasteiger partial charge >= 0.3 is 5.97 Å². The van der Waals surface area contributed by atoms with Gasteiger partial charge in [0.05, 0.1) is 17.9 Å². The van der Waals surface area contributed by atoms with E-state index in [-0.39, 0.29) is 5.91 Å². The highest BCUT2D eigenvalue weighted by atomic mass is 16.5. The predicted octanol–water partition coefficient (Wildman–Crippen LogP) is 1.85. The average Bonchev–Trinajstić information content (AvgIpc) is 2.80. The number of nitrogens with zero attached hydrogens (tertiary/aromatic N) is 3. The number of aryl methyl sites for hydroxylation is 2. The molecule has 0 unspecified atom stereocenters. The minimum atomic E-state index is -0.400. The number of esters is 1. The fourth-order valence-electron chi connectivity index (χ4n) is 2.99. The van der Waals surface area contributed by atoms with E-state index in [1.165, 1.54) is 12.5 Å². The topological polar surface area (TPSA) is 64.4 Å². The van der Waals surface area contributed by atoms with Gasteiger partial charge in [-0.05, 0) is 37.1 Å². The Labute approximate surface area is 134 Å². The molecule has 0 bridgehead atoms. The zero-order valence-electron chi connectivity index (χ0n) is 13.5. The molecule has 0 atom stereocenters. The first kappa shape index (κ1) is 15.3. The third-order valence-electron chi connectivity index (χ3n) is 4.08. The summed E-state index contributed by atoms with van der Waals surface area (Å²) in [5.41, 5.74) is 3.88. The van der Waals surface area contributed by atoms with Gasteiger partial charge in [0.2, 0.25) is 0 Å². The standard InChI is InChI=1S/C17H19N3O3/c1-11-15-7-8-20(10-16(15)19(3)18-11)17(22)13-5-4-6-14(9-13)23-12(2)21/h4-6,9H,7-8,10H2,1-3H3. The highest BCUT2D eigenvalue weighted by Crippen LogP contribution is 2.23. The Morgan fingerprint density at radius 3 is 2.83 bits per heavy atom. The number of hydrogen-bond donors (Lipinski definition) is 0. The van der Waals surface area contributed by atoms with Gasteiger partial charge in [-0.25, -0.2) is 0 Å². The number of rotatable bonds is 2. The quantitative estimate of drug-likeness (QED) is 0.627. The highest BCUT2D eigenvalue weighted by Gasteiger charge is 2.26. The Kier molecular flexibility index (Phi) is 3.90. The van der Waals surface area contributed by atoms with Crippen molar-refractivity contribution in [2.24, 2.45) is 7.05 Å². The van der Waals surface area contributed by atoms with Crippen molar-refractivity contribution >= 4 is 11.9 Å². The first-order valence-corrected chi connectivity index (χ1v) is 7.55. The molecule has 120 valence electrons. The third kappa shape index (κ3) is 2.97. The summed E-state index contributed by atoms with van der Waals surface area (Å²) in [7, 11) is 1.90. The molecule has 0 spiro atoms. The fourth-order valence-corrected chi connectivity index (χ4v) is 2.99. The highest BCUT2D eigenvalue weighted by molar-refractivity contribution is 5.94. The van der Waals surface area contributed by atoms with Crippen LogP contribution in [-0.4, -0.2) is 33.1 Å². The van der Waals surface area contributed by atoms with Gasteiger partial charge in [0.1, 0.15) is 5.75 Å². The largest absolute Gasteiger partial charge is 0.427 e. The molecule has 0 fully saturated rings. The van der Waals surface area contributed by atoms with Crippen LogP contribution in [0.1, 0.15) is 34.2 Å². The summed E-state index contributed by atoms with van der Waals surface area (Å²) in [5.74, 6) is -0.0801. The molecular weight excluding hydrogens is 294 g/mol. The molecule has 1 aromatic heterocycles. The summed E-state index contributed by atoms with van der Waals surface area (Å²) in [4.78, 5) is 25.6. The van der Waals surface area contributed by atoms with E-state index in [4.69, 9.17) is 4.74 Å². The van der Waals surface area contributed by atoms with Crippen LogP contribution in [0.25, 0.3) is 0 Å². The number of carbonyl (C=O) groups excluding carboxylic acids is 2. The van der Waals surface area contributed by atoms with Crippen molar-refractivity contribution in [3.05, 3.63) is 46.8 Å². The second-order valence-corrected chi connectivity index (χ2v) is 5.73. The van der Waals surface area contributed by atoms with E-state index in [0.29, 0.717) is 24.4 Å². The number of amides is 1. The molecule has 0 aliphatic carbocycles. The molecule has 2 heterocycles. The number of aromatic nitrogens is 2. The van der Waals surface area contributed by atoms with Gasteiger partial charge in [0, 0.05) is 26.1 Å². The van der Waals surface area contributed by atoms with Crippen molar-refractivity contribution in [2.45, 2.75) is 26.8 Å². The molecule has 2 aromatic rings. The number of benzene rings is 1. The molecule has 1 aliphatic heterocycles. The lowest BCUT2D eigenvalue weighted by Gasteiger charge is -2.27. The molecule has 3 rings (SSSR count). The van der Waals surface area contributed by atoms with Crippen LogP contribution in [0.2, 0.25) is 0 Å². The molecule has 1 aromatic carbocycles. The molecule has 1 aliphatic rings. The van der Waals surface area contributed by atoms with Gasteiger partial charge in [-0.2, -0.15) is 5.10 Å². The second kappa shape index (κ2) is 5.87. The van der Waals surface area contributed by atoms with Crippen molar-refractivity contribution in [1.82, 2.24) is 14.7 Å². The smallest absolute Gasteiger partial charge is 0.308 e. The normalized spacial score (nSPS) is 13.6. The van der Waals surface area contributed by atoms with Crippen LogP contribution >= 0.6 is 0 Å². The van der Waals surface area contributed by atoms with E-state index >= 15 is 0 Å². The zero-order valence-corrected chi connectivity index (χ0v) is 13.5. The summed E-state index contributed by atoms with van der Waals surface area (Å²) in [6.45, 7) is 4.55. The van der Waals surface area contributed by atoms with Gasteiger partial charge < -0.3 is 9.64 Å². The van der Waals surface area contributed by atoms with Crippen LogP contribution in [0.15, 0.2) is 24.3 Å². The van der Waals surface area contributed by atoms with E-state index in [1.54, 1.807) is 29.2 Å². The maximum atomic E-state index is 12.7. The summed E-state index contributed by atoms with van der Waals surface area (Å²) in [5, 5.41) is 4.43. The molecule has 0 saturated carbocycles. The summed E-state index contributed by atoms with van der Waals surface area (Å²) >= 11 is 0. The lowest BCUT2D eigenvalue weighted by Crippen LogP contribution is -2.36. The van der Waals surface area contributed by atoms with Crippen LogP contribution < -0.4 is 4.74 Å². The van der Waals surface area contributed by atoms with E-state index < -0.39 is 5.97 Å². The maximum Gasteiger partial charge on any atom is 0.308 e. The minimum Gasteiger partial charge on any atom is -0.427 e. The summed E-state index contributed by atoms with van der Waals surface area (Å²) in [6, 6.07) is 6.72. The monoisotopic (exact) mass is 313 g/mol. The van der Waals surface area contributed by atoms with Crippen molar-refractivity contribution in [1.29, 1.82) is 0 Å². The number of fused-ring (bicyclic) bond motifs is 1. The molecule has 6 nitrogen and oxygen atoms in total. The molecule has 0 saturated heterocycles. The van der Waals surface area contributed by atoms with Crippen LogP contribution in [-0.2, 0) is 24.8 Å². The first-order valence-electron chi connectivity index (χ1n) is 7.55. The number of hydrogen-bond acceptors (Lipinski definition) is 4. The van der Waals surface area contributed by atoms with E-state index in [0.717, 1.165) is 17.8 Å². The Morgan fingerprint density at radius 2 is 2.09 bits per heavy atom. The predicted molar refractivity (Wildman–Crippen MR) is 84.1 cm³/mol. The molecular formula is C17H19N3O3. The zero-order chi connectivity index (χ0) is 16.6. The Balaban J connectivity index is 1.82. The third-order valence-corrected chi connectivity index (χ3v) is 4.08. The van der Waals surface area contributed by atoms with Crippen LogP contribution in [0.4, 0.5) is 0 Å². The van der Waals surface area contributed by atoms with E-state index in [9.17, 15) is 9.59 Å². The van der Waals surface area contributed by atoms with Crippen molar-refractivity contribution in [3.8, 4) is 5.75 Å². The Morgan fingerprint density at radius 1 is 1.30 bits per heavy atom. The van der Waals surface area contributed by atoms with Gasteiger partial charge in [0.25, 0.3) is 5.91 Å². The average molecular weight is 313 g/mol. The molecule has 0 N–H and O–H groups in total. The van der Waals surface area contributed by atoms with Crippen LogP contribution in [0.3, 0.4) is 0 Å². The SMILES string of the molecule is CC(=O)Oc1cccc(C(=O)N2CCc3c(C)nn(C)c3C2)c1. The van der Waals surface area contributed by atoms with E-state index in [2.05, 4.69) is 5.10 Å². The lowest BCUT2D eigenvalue weighted by atomic mass is 10.0. The number of carbonyl (C=O) groups is 2. The molecule has 6 heteroatoms. The van der Waals surface area contributed by atoms with Gasteiger partial charge in [-0.3, -0.25) is 14.3 Å². The van der Waals surface area contributed by atoms with Gasteiger partial charge in [0.15, 0.2) is 0 Å². The molecule has 0 radical (unpaired) electrons. The molecule has 1 amide bonds. The van der Waals surface area contributed by atoms with Crippen LogP contribution in [0, 0.1) is 6.92 Å². The maximum absolute atomic E-state index is 12.7. The Hall–Kier alpha value is -2.63. The lowest BCUT2D eigenvalue weighted by molar-refractivity contribution is -0.131. The fraction of sp³-hybridized carbons (Fsp3) is 0.353. The van der Waals surface area contributed by atoms with Crippen molar-refractivity contribution in [3.63, 3.8) is 0 Å². The van der Waals surface area contributed by atoms with Gasteiger partial charge in [-0.15, -0.1) is 0 Å². The Bertz CT molecular complexity index is 779. The van der Waals surface area contributed by atoms with Crippen molar-refractivity contribution in [2.75, 3.05) is 6.54 Å².